The van der Waals surface area contributed by atoms with Crippen LogP contribution in [0, 0.1) is 0 Å². The summed E-state index contributed by atoms with van der Waals surface area (Å²) in [5.41, 5.74) is 0.478. The summed E-state index contributed by atoms with van der Waals surface area (Å²) < 4.78 is 3.41. The van der Waals surface area contributed by atoms with Crippen LogP contribution in [0.5, 0.6) is 5.75 Å². The van der Waals surface area contributed by atoms with E-state index in [0.29, 0.717) is 11.4 Å². The summed E-state index contributed by atoms with van der Waals surface area (Å²) in [6, 6.07) is 14.7. The van der Waals surface area contributed by atoms with Gasteiger partial charge in [-0.25, -0.2) is 4.79 Å². The Morgan fingerprint density at radius 3 is 2.38 bits per heavy atom. The molecule has 0 aliphatic heterocycles. The van der Waals surface area contributed by atoms with Crippen LogP contribution in [0.1, 0.15) is 10.4 Å². The number of hydrogen-bond donors (Lipinski definition) is 4. The maximum absolute atomic E-state index is 12.2. The molecule has 0 spiro atoms. The second kappa shape index (κ2) is 10.5. The molecule has 0 bridgehead atoms. The Balaban J connectivity index is 1.95. The van der Waals surface area contributed by atoms with Gasteiger partial charge in [-0.1, -0.05) is 59.1 Å². The Labute approximate surface area is 187 Å². The molecule has 29 heavy (non-hydrogen) atoms. The number of aromatic carboxylic acids is 1. The lowest BCUT2D eigenvalue weighted by molar-refractivity contribution is -0.123. The average Bonchev–Trinajstić information content (AvgIpc) is 2.66. The number of amides is 1. The molecule has 0 saturated carbocycles. The number of alkyl halides is 3. The van der Waals surface area contributed by atoms with Crippen LogP contribution in [0.2, 0.25) is 0 Å². The van der Waals surface area contributed by atoms with Gasteiger partial charge in [-0.2, -0.15) is 0 Å². The number of rotatable bonds is 7. The van der Waals surface area contributed by atoms with E-state index >= 15 is 0 Å². The summed E-state index contributed by atoms with van der Waals surface area (Å²) in [6.45, 7) is -0.302. The molecule has 154 valence electrons. The average molecular weight is 477 g/mol. The molecular formula is C18H16Cl3N3O4S. The molecule has 0 radical (unpaired) electrons. The zero-order valence-corrected chi connectivity index (χ0v) is 17.8. The fourth-order valence-electron chi connectivity index (χ4n) is 2.10. The normalized spacial score (nSPS) is 11.8. The van der Waals surface area contributed by atoms with Crippen LogP contribution in [-0.4, -0.2) is 38.7 Å². The lowest BCUT2D eigenvalue weighted by Crippen LogP contribution is -2.56. The molecule has 7 nitrogen and oxygen atoms in total. The largest absolute Gasteiger partial charge is 0.484 e. The number of halogens is 3. The fraction of sp³-hybridized carbons (Fsp3) is 0.167. The lowest BCUT2D eigenvalue weighted by Gasteiger charge is -2.27. The standard InChI is InChI=1S/C18H16Cl3N3O4S/c19-18(20,21)16(23-14(25)10-28-13-7-2-1-3-8-13)24-17(29)22-12-6-4-5-11(9-12)15(26)27/h1-9,16H,10H2,(H,23,25)(H,26,27)(H2,22,24,29)/t16-/m1/s1. The quantitative estimate of drug-likeness (QED) is 0.275. The van der Waals surface area contributed by atoms with Gasteiger partial charge in [0.05, 0.1) is 5.56 Å². The fourth-order valence-corrected chi connectivity index (χ4v) is 2.66. The van der Waals surface area contributed by atoms with E-state index in [2.05, 4.69) is 16.0 Å². The van der Waals surface area contributed by atoms with Crippen molar-refractivity contribution in [1.82, 2.24) is 10.6 Å². The molecule has 0 aromatic heterocycles. The molecule has 0 fully saturated rings. The van der Waals surface area contributed by atoms with Crippen molar-refractivity contribution in [2.75, 3.05) is 11.9 Å². The molecule has 2 rings (SSSR count). The van der Waals surface area contributed by atoms with Crippen molar-refractivity contribution in [1.29, 1.82) is 0 Å². The summed E-state index contributed by atoms with van der Waals surface area (Å²) in [6.07, 6.45) is -1.18. The molecule has 2 aromatic rings. The zero-order valence-electron chi connectivity index (χ0n) is 14.7. The van der Waals surface area contributed by atoms with E-state index in [9.17, 15) is 9.59 Å². The number of nitrogens with one attached hydrogen (secondary N) is 3. The van der Waals surface area contributed by atoms with Gasteiger partial charge in [0.25, 0.3) is 5.91 Å². The van der Waals surface area contributed by atoms with E-state index in [-0.39, 0.29) is 17.3 Å². The van der Waals surface area contributed by atoms with Gasteiger partial charge in [0.1, 0.15) is 11.9 Å². The van der Waals surface area contributed by atoms with Crippen molar-refractivity contribution in [2.45, 2.75) is 9.96 Å². The SMILES string of the molecule is O=C(COc1ccccc1)N[C@H](NC(=S)Nc1cccc(C(=O)O)c1)C(Cl)(Cl)Cl. The van der Waals surface area contributed by atoms with Gasteiger partial charge < -0.3 is 25.8 Å². The highest BCUT2D eigenvalue weighted by Crippen LogP contribution is 2.29. The molecule has 11 heteroatoms. The van der Waals surface area contributed by atoms with E-state index in [0.717, 1.165) is 0 Å². The molecule has 0 unspecified atom stereocenters. The first-order chi connectivity index (χ1) is 13.6. The van der Waals surface area contributed by atoms with E-state index in [4.69, 9.17) is 56.9 Å². The second-order valence-corrected chi connectivity index (χ2v) is 8.41. The number of para-hydroxylation sites is 1. The number of thiocarbonyl (C=S) groups is 1. The van der Waals surface area contributed by atoms with Crippen LogP contribution in [-0.2, 0) is 4.79 Å². The highest BCUT2D eigenvalue weighted by Gasteiger charge is 2.34. The maximum atomic E-state index is 12.2. The maximum Gasteiger partial charge on any atom is 0.335 e. The number of benzene rings is 2. The number of carboxylic acids is 1. The van der Waals surface area contributed by atoms with Crippen LogP contribution < -0.4 is 20.7 Å². The number of ether oxygens (including phenoxy) is 1. The number of carbonyl (C=O) groups is 2. The smallest absolute Gasteiger partial charge is 0.335 e. The third kappa shape index (κ3) is 7.94. The Bertz CT molecular complexity index is 878. The number of carbonyl (C=O) groups excluding carboxylic acids is 1. The van der Waals surface area contributed by atoms with Gasteiger partial charge in [-0.15, -0.1) is 0 Å². The summed E-state index contributed by atoms with van der Waals surface area (Å²) in [5, 5.41) is 17.0. The highest BCUT2D eigenvalue weighted by molar-refractivity contribution is 7.80. The first kappa shape index (κ1) is 23.0. The van der Waals surface area contributed by atoms with Gasteiger partial charge >= 0.3 is 5.97 Å². The Morgan fingerprint density at radius 1 is 1.07 bits per heavy atom. The molecular weight excluding hydrogens is 461 g/mol. The van der Waals surface area contributed by atoms with E-state index in [1.807, 2.05) is 6.07 Å². The van der Waals surface area contributed by atoms with Crippen molar-refractivity contribution >= 4 is 69.7 Å². The minimum atomic E-state index is -1.93. The molecule has 0 aliphatic rings. The third-order valence-corrected chi connectivity index (χ3v) is 4.26. The minimum Gasteiger partial charge on any atom is -0.484 e. The summed E-state index contributed by atoms with van der Waals surface area (Å²) in [7, 11) is 0. The van der Waals surface area contributed by atoms with E-state index < -0.39 is 21.8 Å². The third-order valence-electron chi connectivity index (χ3n) is 3.39. The van der Waals surface area contributed by atoms with Gasteiger partial charge in [-0.05, 0) is 42.5 Å². The predicted octanol–water partition coefficient (Wildman–Crippen LogP) is 3.56. The van der Waals surface area contributed by atoms with Crippen LogP contribution in [0.15, 0.2) is 54.6 Å². The molecule has 0 heterocycles. The summed E-state index contributed by atoms with van der Waals surface area (Å²) in [4.78, 5) is 23.2. The van der Waals surface area contributed by atoms with Gasteiger partial charge in [0.15, 0.2) is 11.7 Å². The van der Waals surface area contributed by atoms with E-state index in [1.54, 1.807) is 36.4 Å². The summed E-state index contributed by atoms with van der Waals surface area (Å²) in [5.74, 6) is -1.12. The highest BCUT2D eigenvalue weighted by atomic mass is 35.6. The molecule has 2 aromatic carbocycles. The van der Waals surface area contributed by atoms with Crippen molar-refractivity contribution in [3.63, 3.8) is 0 Å². The molecule has 4 N–H and O–H groups in total. The Morgan fingerprint density at radius 2 is 1.76 bits per heavy atom. The second-order valence-electron chi connectivity index (χ2n) is 5.63. The first-order valence-corrected chi connectivity index (χ1v) is 9.64. The van der Waals surface area contributed by atoms with Gasteiger partial charge in [-0.3, -0.25) is 4.79 Å². The van der Waals surface area contributed by atoms with Gasteiger partial charge in [0.2, 0.25) is 3.79 Å². The van der Waals surface area contributed by atoms with Crippen LogP contribution in [0.3, 0.4) is 0 Å². The monoisotopic (exact) mass is 475 g/mol. The number of hydrogen-bond acceptors (Lipinski definition) is 4. The number of carboxylic acid groups (broad SMARTS) is 1. The van der Waals surface area contributed by atoms with Crippen LogP contribution in [0.4, 0.5) is 5.69 Å². The Hall–Kier alpha value is -2.26. The van der Waals surface area contributed by atoms with E-state index in [1.165, 1.54) is 12.1 Å². The van der Waals surface area contributed by atoms with Crippen molar-refractivity contribution in [3.05, 3.63) is 60.2 Å². The van der Waals surface area contributed by atoms with Crippen molar-refractivity contribution in [2.24, 2.45) is 0 Å². The van der Waals surface area contributed by atoms with Crippen molar-refractivity contribution < 1.29 is 19.4 Å². The topological polar surface area (TPSA) is 99.7 Å². The molecule has 1 atom stereocenters. The molecule has 1 amide bonds. The first-order valence-electron chi connectivity index (χ1n) is 8.10. The zero-order chi connectivity index (χ0) is 21.4. The minimum absolute atomic E-state index is 0.00754. The van der Waals surface area contributed by atoms with Crippen LogP contribution in [0.25, 0.3) is 0 Å². The summed E-state index contributed by atoms with van der Waals surface area (Å²) >= 11 is 22.9. The molecule has 0 saturated heterocycles. The van der Waals surface area contributed by atoms with Crippen LogP contribution >= 0.6 is 47.0 Å². The lowest BCUT2D eigenvalue weighted by atomic mass is 10.2. The Kier molecular flexibility index (Phi) is 8.33. The van der Waals surface area contributed by atoms with Gasteiger partial charge in [0, 0.05) is 5.69 Å². The number of anilines is 1. The molecule has 0 aliphatic carbocycles. The van der Waals surface area contributed by atoms with Crippen molar-refractivity contribution in [3.8, 4) is 5.75 Å². The predicted molar refractivity (Wildman–Crippen MR) is 117 cm³/mol.